The third-order valence-corrected chi connectivity index (χ3v) is 7.15. The number of hydrogen-bond acceptors (Lipinski definition) is 3. The van der Waals surface area contributed by atoms with Crippen LogP contribution in [0.25, 0.3) is 0 Å². The minimum absolute atomic E-state index is 0.0967. The number of halogens is 1. The molecule has 0 saturated carbocycles. The summed E-state index contributed by atoms with van der Waals surface area (Å²) in [4.78, 5) is 5.24. The van der Waals surface area contributed by atoms with Crippen molar-refractivity contribution in [1.29, 1.82) is 0 Å². The third-order valence-electron chi connectivity index (χ3n) is 7.15. The molecule has 0 aliphatic carbocycles. The van der Waals surface area contributed by atoms with Crippen molar-refractivity contribution < 1.29 is 9.50 Å². The van der Waals surface area contributed by atoms with Crippen molar-refractivity contribution in [3.8, 4) is 0 Å². The van der Waals surface area contributed by atoms with Crippen LogP contribution < -0.4 is 0 Å². The molecule has 0 aromatic heterocycles. The van der Waals surface area contributed by atoms with Gasteiger partial charge in [-0.25, -0.2) is 4.39 Å². The summed E-state index contributed by atoms with van der Waals surface area (Å²) in [6, 6.07) is 18.2. The highest BCUT2D eigenvalue weighted by Crippen LogP contribution is 2.35. The fraction of sp³-hybridized carbons (Fsp3) is 0.538. The smallest absolute Gasteiger partial charge is 0.123 e. The van der Waals surface area contributed by atoms with Gasteiger partial charge in [0, 0.05) is 24.5 Å². The molecule has 4 rings (SSSR count). The molecule has 2 aromatic carbocycles. The first-order valence-corrected chi connectivity index (χ1v) is 11.5. The largest absolute Gasteiger partial charge is 0.396 e. The van der Waals surface area contributed by atoms with Gasteiger partial charge in [-0.1, -0.05) is 42.5 Å². The molecule has 2 saturated heterocycles. The van der Waals surface area contributed by atoms with Gasteiger partial charge in [0.25, 0.3) is 0 Å². The number of benzene rings is 2. The third kappa shape index (κ3) is 5.48. The highest BCUT2D eigenvalue weighted by atomic mass is 19.1. The van der Waals surface area contributed by atoms with E-state index in [1.165, 1.54) is 30.5 Å². The van der Waals surface area contributed by atoms with Crippen LogP contribution in [0.2, 0.25) is 0 Å². The lowest BCUT2D eigenvalue weighted by Gasteiger charge is -2.47. The topological polar surface area (TPSA) is 26.7 Å². The van der Waals surface area contributed by atoms with Crippen LogP contribution in [-0.4, -0.2) is 60.3 Å². The van der Waals surface area contributed by atoms with Crippen molar-refractivity contribution in [3.05, 3.63) is 71.5 Å². The van der Waals surface area contributed by atoms with Gasteiger partial charge < -0.3 is 10.0 Å². The van der Waals surface area contributed by atoms with E-state index in [4.69, 9.17) is 0 Å². The lowest BCUT2D eigenvalue weighted by atomic mass is 9.75. The van der Waals surface area contributed by atoms with E-state index in [-0.39, 0.29) is 17.8 Å². The van der Waals surface area contributed by atoms with Crippen molar-refractivity contribution in [1.82, 2.24) is 9.80 Å². The lowest BCUT2D eigenvalue weighted by molar-refractivity contribution is -0.00267. The second kappa shape index (κ2) is 10.0. The Bertz CT molecular complexity index is 773. The van der Waals surface area contributed by atoms with Crippen molar-refractivity contribution in [2.24, 2.45) is 5.41 Å². The summed E-state index contributed by atoms with van der Waals surface area (Å²) in [5.41, 5.74) is 2.45. The molecule has 0 amide bonds. The van der Waals surface area contributed by atoms with Gasteiger partial charge in [0.05, 0.1) is 6.61 Å². The molecule has 4 heteroatoms. The number of rotatable bonds is 7. The van der Waals surface area contributed by atoms with Crippen LogP contribution >= 0.6 is 0 Å². The van der Waals surface area contributed by atoms with E-state index < -0.39 is 0 Å². The van der Waals surface area contributed by atoms with Crippen LogP contribution in [0.4, 0.5) is 4.39 Å². The Morgan fingerprint density at radius 3 is 2.37 bits per heavy atom. The van der Waals surface area contributed by atoms with E-state index in [1.54, 1.807) is 0 Å². The van der Waals surface area contributed by atoms with Crippen LogP contribution in [0, 0.1) is 11.2 Å². The summed E-state index contributed by atoms with van der Waals surface area (Å²) in [6.45, 7) is 5.77. The molecule has 0 radical (unpaired) electrons. The number of aliphatic hydroxyl groups is 1. The van der Waals surface area contributed by atoms with Crippen LogP contribution in [-0.2, 0) is 12.8 Å². The predicted octanol–water partition coefficient (Wildman–Crippen LogP) is 4.15. The first-order chi connectivity index (χ1) is 14.7. The Morgan fingerprint density at radius 1 is 0.933 bits per heavy atom. The molecule has 30 heavy (non-hydrogen) atoms. The maximum Gasteiger partial charge on any atom is 0.123 e. The molecule has 2 fully saturated rings. The Kier molecular flexibility index (Phi) is 7.19. The van der Waals surface area contributed by atoms with E-state index in [1.807, 2.05) is 12.1 Å². The maximum absolute atomic E-state index is 13.3. The normalized spacial score (nSPS) is 24.2. The molecule has 2 aliphatic heterocycles. The SMILES string of the molecule is OC[C@@]1(Cc2ccc(F)cc2)CCCN(C2CCN(CCc3ccccc3)CC2)C1. The molecule has 0 spiro atoms. The van der Waals surface area contributed by atoms with Gasteiger partial charge in [-0.2, -0.15) is 0 Å². The number of aliphatic hydroxyl groups excluding tert-OH is 1. The molecule has 0 bridgehead atoms. The van der Waals surface area contributed by atoms with Crippen molar-refractivity contribution >= 4 is 0 Å². The molecular formula is C26H35FN2O. The Labute approximate surface area is 180 Å². The minimum Gasteiger partial charge on any atom is -0.396 e. The highest BCUT2D eigenvalue weighted by molar-refractivity contribution is 5.18. The lowest BCUT2D eigenvalue weighted by Crippen LogP contribution is -2.53. The van der Waals surface area contributed by atoms with Gasteiger partial charge in [-0.05, 0) is 81.4 Å². The van der Waals surface area contributed by atoms with E-state index in [0.29, 0.717) is 6.04 Å². The molecule has 1 N–H and O–H groups in total. The van der Waals surface area contributed by atoms with Gasteiger partial charge in [-0.15, -0.1) is 0 Å². The molecule has 162 valence electrons. The maximum atomic E-state index is 13.3. The monoisotopic (exact) mass is 410 g/mol. The molecule has 3 nitrogen and oxygen atoms in total. The molecule has 1 atom stereocenters. The fourth-order valence-corrected chi connectivity index (χ4v) is 5.36. The fourth-order valence-electron chi connectivity index (χ4n) is 5.36. The molecule has 0 unspecified atom stereocenters. The summed E-state index contributed by atoms with van der Waals surface area (Å²) in [5, 5.41) is 10.3. The average molecular weight is 411 g/mol. The van der Waals surface area contributed by atoms with Crippen molar-refractivity contribution in [2.45, 2.75) is 44.6 Å². The first kappa shape index (κ1) is 21.5. The zero-order chi connectivity index (χ0) is 20.8. The van der Waals surface area contributed by atoms with E-state index in [0.717, 1.165) is 64.0 Å². The van der Waals surface area contributed by atoms with Crippen LogP contribution in [0.15, 0.2) is 54.6 Å². The Hall–Kier alpha value is -1.75. The molecule has 2 aliphatic rings. The number of likely N-dealkylation sites (tertiary alicyclic amines) is 2. The zero-order valence-electron chi connectivity index (χ0n) is 18.0. The van der Waals surface area contributed by atoms with Crippen molar-refractivity contribution in [2.75, 3.05) is 39.3 Å². The predicted molar refractivity (Wildman–Crippen MR) is 120 cm³/mol. The Morgan fingerprint density at radius 2 is 1.67 bits per heavy atom. The van der Waals surface area contributed by atoms with E-state index >= 15 is 0 Å². The van der Waals surface area contributed by atoms with Gasteiger partial charge in [0.15, 0.2) is 0 Å². The van der Waals surface area contributed by atoms with Gasteiger partial charge in [0.2, 0.25) is 0 Å². The van der Waals surface area contributed by atoms with E-state index in [2.05, 4.69) is 40.1 Å². The minimum atomic E-state index is -0.193. The standard InChI is InChI=1S/C26H35FN2O/c27-24-9-7-23(8-10-24)19-26(21-30)14-4-15-29(20-26)25-12-17-28(18-13-25)16-11-22-5-2-1-3-6-22/h1-3,5-10,25,30H,4,11-21H2/t26-/m1/s1. The van der Waals surface area contributed by atoms with Crippen LogP contribution in [0.5, 0.6) is 0 Å². The second-order valence-electron chi connectivity index (χ2n) is 9.34. The quantitative estimate of drug-likeness (QED) is 0.743. The zero-order valence-corrected chi connectivity index (χ0v) is 18.0. The Balaban J connectivity index is 1.29. The average Bonchev–Trinajstić information content (AvgIpc) is 2.80. The van der Waals surface area contributed by atoms with Crippen molar-refractivity contribution in [3.63, 3.8) is 0 Å². The summed E-state index contributed by atoms with van der Waals surface area (Å²) in [7, 11) is 0. The van der Waals surface area contributed by atoms with Crippen LogP contribution in [0.1, 0.15) is 36.8 Å². The van der Waals surface area contributed by atoms with E-state index in [9.17, 15) is 9.50 Å². The summed E-state index contributed by atoms with van der Waals surface area (Å²) < 4.78 is 13.3. The first-order valence-electron chi connectivity index (χ1n) is 11.5. The second-order valence-corrected chi connectivity index (χ2v) is 9.34. The number of hydrogen-bond donors (Lipinski definition) is 1. The van der Waals surface area contributed by atoms with Crippen LogP contribution in [0.3, 0.4) is 0 Å². The number of nitrogens with zero attached hydrogens (tertiary/aromatic N) is 2. The molecule has 2 aromatic rings. The summed E-state index contributed by atoms with van der Waals surface area (Å²) >= 11 is 0. The summed E-state index contributed by atoms with van der Waals surface area (Å²) in [6.07, 6.45) is 6.57. The molecule has 2 heterocycles. The highest BCUT2D eigenvalue weighted by Gasteiger charge is 2.38. The van der Waals surface area contributed by atoms with Gasteiger partial charge >= 0.3 is 0 Å². The van der Waals surface area contributed by atoms with Gasteiger partial charge in [-0.3, -0.25) is 4.90 Å². The summed E-state index contributed by atoms with van der Waals surface area (Å²) in [5.74, 6) is -0.193. The van der Waals surface area contributed by atoms with Gasteiger partial charge in [0.1, 0.15) is 5.82 Å². The molecular weight excluding hydrogens is 375 g/mol. The number of piperidine rings is 2.